The monoisotopic (exact) mass is 941 g/mol. The van der Waals surface area contributed by atoms with Crippen LogP contribution < -0.4 is 0 Å². The molecule has 7 heteroatoms. The summed E-state index contributed by atoms with van der Waals surface area (Å²) in [6, 6.07) is 28.7. The fourth-order valence-corrected chi connectivity index (χ4v) is 21.8. The minimum atomic E-state index is -1.39. The number of aromatic nitrogens is 1. The number of aliphatic hydroxyl groups excluding tert-OH is 1. The molecule has 53 heavy (non-hydrogen) atoms. The van der Waals surface area contributed by atoms with Crippen LogP contribution in [0.15, 0.2) is 72.6 Å². The minimum absolute atomic E-state index is 0. The Morgan fingerprint density at radius 2 is 1.53 bits per heavy atom. The molecule has 3 nitrogen and oxygen atoms in total. The maximum atomic E-state index is 11.7. The van der Waals surface area contributed by atoms with Crippen molar-refractivity contribution in [3.05, 3.63) is 89.8 Å². The van der Waals surface area contributed by atoms with E-state index in [1.807, 2.05) is 45.2 Å². The van der Waals surface area contributed by atoms with E-state index in [4.69, 9.17) is 4.98 Å². The number of allylic oxidation sites excluding steroid dienone is 2. The molecular formula is C46H62IrNO2SSi2-. The third-order valence-electron chi connectivity index (χ3n) is 11.8. The van der Waals surface area contributed by atoms with Crippen LogP contribution in [-0.4, -0.2) is 32.0 Å². The van der Waals surface area contributed by atoms with Crippen LogP contribution in [-0.2, 0) is 31.3 Å². The first kappa shape index (κ1) is 43.3. The molecule has 2 aromatic heterocycles. The van der Waals surface area contributed by atoms with E-state index in [1.165, 1.54) is 66.3 Å². The average Bonchev–Trinajstić information content (AvgIpc) is 3.50. The number of ketones is 1. The third kappa shape index (κ3) is 9.88. The van der Waals surface area contributed by atoms with Crippen molar-refractivity contribution >= 4 is 64.2 Å². The van der Waals surface area contributed by atoms with Crippen LogP contribution in [0, 0.1) is 23.8 Å². The van der Waals surface area contributed by atoms with Crippen molar-refractivity contribution in [2.75, 3.05) is 0 Å². The number of fused-ring (bicyclic) bond motifs is 4. The molecule has 3 aromatic carbocycles. The quantitative estimate of drug-likeness (QED) is 0.0621. The van der Waals surface area contributed by atoms with E-state index in [0.717, 1.165) is 37.8 Å². The first-order valence-electron chi connectivity index (χ1n) is 19.9. The standard InChI is InChI=1S/C33H38NSSi2.C13H24O2.Ir/c1-22(2)18-24-11-9-13-27-28-14-15-34-31(33(28)35-32(24)27)25-19-23-10-7-8-12-26(23)29(20-25)30-21-36(3,4)16-17-37(30,5)6;1-5-10(6-2)12(14)9-13(15)11(7-3)8-4;/h7-15,20,22,30H,16-18,21H2,1-6H3;9-11,14H,5-8H2,1-4H3;/q-1;;/b;12-9-;. The van der Waals surface area contributed by atoms with Crippen LogP contribution in [0.25, 0.3) is 42.2 Å². The molecule has 1 saturated heterocycles. The number of nitrogens with zero attached hydrogens (tertiary/aromatic N) is 1. The molecule has 1 unspecified atom stereocenters. The topological polar surface area (TPSA) is 50.2 Å². The number of carbonyl (C=O) groups excluding carboxylic acids is 1. The summed E-state index contributed by atoms with van der Waals surface area (Å²) in [7, 11) is -2.58. The SMILES string of the molecule is CC(C)Cc1cccc2c1sc1c(-c3[c-]c4ccccc4c(C4C[Si](C)(C)CC[Si]4(C)C)c3)nccc12.CCC(CC)C(=O)/C=C(\O)C(CC)CC.[Ir]. The smallest absolute Gasteiger partial charge is 0.162 e. The largest absolute Gasteiger partial charge is 0.512 e. The van der Waals surface area contributed by atoms with E-state index >= 15 is 0 Å². The Morgan fingerprint density at radius 3 is 2.19 bits per heavy atom. The van der Waals surface area contributed by atoms with Gasteiger partial charge in [-0.1, -0.05) is 133 Å². The van der Waals surface area contributed by atoms with Gasteiger partial charge in [-0.05, 0) is 60.6 Å². The number of aliphatic hydroxyl groups is 1. The Bertz CT molecular complexity index is 2040. The number of hydrogen-bond donors (Lipinski definition) is 1. The van der Waals surface area contributed by atoms with Crippen LogP contribution in [0.4, 0.5) is 0 Å². The normalized spacial score (nSPS) is 17.0. The summed E-state index contributed by atoms with van der Waals surface area (Å²) in [6.45, 7) is 23.2. The maximum absolute atomic E-state index is 11.7. The molecule has 0 aliphatic carbocycles. The number of thiophene rings is 1. The fourth-order valence-electron chi connectivity index (χ4n) is 8.33. The number of carbonyl (C=O) groups is 1. The number of hydrogen-bond acceptors (Lipinski definition) is 4. The first-order valence-corrected chi connectivity index (χ1v) is 27.4. The zero-order chi connectivity index (χ0) is 37.8. The molecule has 1 N–H and O–H groups in total. The van der Waals surface area contributed by atoms with Gasteiger partial charge >= 0.3 is 0 Å². The van der Waals surface area contributed by atoms with Crippen molar-refractivity contribution in [1.82, 2.24) is 4.98 Å². The summed E-state index contributed by atoms with van der Waals surface area (Å²) in [5.74, 6) is 1.19. The Morgan fingerprint density at radius 1 is 0.887 bits per heavy atom. The molecule has 1 aliphatic heterocycles. The molecule has 287 valence electrons. The van der Waals surface area contributed by atoms with Gasteiger partial charge in [0.25, 0.3) is 0 Å². The molecule has 0 bridgehead atoms. The number of rotatable bonds is 11. The summed E-state index contributed by atoms with van der Waals surface area (Å²) < 4.78 is 2.73. The molecular weight excluding hydrogens is 879 g/mol. The third-order valence-corrected chi connectivity index (χ3v) is 21.1. The Kier molecular flexibility index (Phi) is 15.1. The molecule has 1 aliphatic rings. The molecule has 3 heterocycles. The first-order chi connectivity index (χ1) is 24.7. The van der Waals surface area contributed by atoms with Crippen LogP contribution >= 0.6 is 11.3 Å². The molecule has 1 atom stereocenters. The molecule has 6 rings (SSSR count). The van der Waals surface area contributed by atoms with Gasteiger partial charge in [0.1, 0.15) is 0 Å². The van der Waals surface area contributed by atoms with Crippen molar-refractivity contribution in [1.29, 1.82) is 0 Å². The summed E-state index contributed by atoms with van der Waals surface area (Å²) >= 11 is 1.93. The molecule has 1 radical (unpaired) electrons. The second kappa shape index (κ2) is 18.5. The van der Waals surface area contributed by atoms with Gasteiger partial charge in [-0.25, -0.2) is 0 Å². The van der Waals surface area contributed by atoms with Crippen LogP contribution in [0.5, 0.6) is 0 Å². The Labute approximate surface area is 339 Å². The van der Waals surface area contributed by atoms with Crippen LogP contribution in [0.1, 0.15) is 83.9 Å². The Hall–Kier alpha value is -2.42. The summed E-state index contributed by atoms with van der Waals surface area (Å²) in [5, 5.41) is 15.1. The van der Waals surface area contributed by atoms with E-state index in [0.29, 0.717) is 11.5 Å². The Balaban J connectivity index is 0.000000335. The van der Waals surface area contributed by atoms with Crippen molar-refractivity contribution in [3.63, 3.8) is 0 Å². The second-order valence-electron chi connectivity index (χ2n) is 17.1. The van der Waals surface area contributed by atoms with Gasteiger partial charge in [-0.15, -0.1) is 40.5 Å². The van der Waals surface area contributed by atoms with E-state index < -0.39 is 16.1 Å². The fraction of sp³-hybridized carbons (Fsp3) is 0.478. The van der Waals surface area contributed by atoms with Gasteiger partial charge in [-0.3, -0.25) is 9.78 Å². The van der Waals surface area contributed by atoms with Gasteiger partial charge in [-0.2, -0.15) is 0 Å². The molecule has 0 amide bonds. The van der Waals surface area contributed by atoms with E-state index in [9.17, 15) is 9.90 Å². The predicted octanol–water partition coefficient (Wildman–Crippen LogP) is 14.2. The molecule has 0 saturated carbocycles. The minimum Gasteiger partial charge on any atom is -0.512 e. The number of pyridine rings is 1. The van der Waals surface area contributed by atoms with Gasteiger partial charge < -0.3 is 5.11 Å². The predicted molar refractivity (Wildman–Crippen MR) is 233 cm³/mol. The van der Waals surface area contributed by atoms with Gasteiger partial charge in [0.2, 0.25) is 0 Å². The van der Waals surface area contributed by atoms with Crippen LogP contribution in [0.2, 0.25) is 44.3 Å². The average molecular weight is 941 g/mol. The maximum Gasteiger partial charge on any atom is 0.162 e. The van der Waals surface area contributed by atoms with Crippen LogP contribution in [0.3, 0.4) is 0 Å². The van der Waals surface area contributed by atoms with E-state index in [-0.39, 0.29) is 43.5 Å². The van der Waals surface area contributed by atoms with Gasteiger partial charge in [0.15, 0.2) is 5.78 Å². The van der Waals surface area contributed by atoms with Gasteiger partial charge in [0.05, 0.1) is 13.8 Å². The number of benzene rings is 3. The summed E-state index contributed by atoms with van der Waals surface area (Å²) in [4.78, 5) is 16.7. The zero-order valence-corrected chi connectivity index (χ0v) is 39.1. The van der Waals surface area contributed by atoms with E-state index in [1.54, 1.807) is 5.56 Å². The van der Waals surface area contributed by atoms with Crippen molar-refractivity contribution in [3.8, 4) is 11.3 Å². The second-order valence-corrected chi connectivity index (χ2v) is 28.6. The molecule has 0 spiro atoms. The van der Waals surface area contributed by atoms with Crippen molar-refractivity contribution in [2.45, 2.75) is 124 Å². The van der Waals surface area contributed by atoms with Gasteiger partial charge in [0, 0.05) is 72.8 Å². The molecule has 1 fully saturated rings. The summed E-state index contributed by atoms with van der Waals surface area (Å²) in [5.41, 5.74) is 6.02. The molecule has 5 aromatic rings. The van der Waals surface area contributed by atoms with Crippen molar-refractivity contribution in [2.24, 2.45) is 17.8 Å². The zero-order valence-electron chi connectivity index (χ0n) is 33.9. The summed E-state index contributed by atoms with van der Waals surface area (Å²) in [6.07, 6.45) is 8.03. The van der Waals surface area contributed by atoms with Crippen molar-refractivity contribution < 1.29 is 30.0 Å². The van der Waals surface area contributed by atoms with E-state index in [2.05, 4.69) is 101 Å².